The van der Waals surface area contributed by atoms with Crippen molar-refractivity contribution in [3.8, 4) is 0 Å². The first-order valence-corrected chi connectivity index (χ1v) is 6.50. The van der Waals surface area contributed by atoms with E-state index in [1.807, 2.05) is 18.4 Å². The molecule has 1 aromatic carbocycles. The molecule has 0 atom stereocenters. The van der Waals surface area contributed by atoms with Crippen LogP contribution >= 0.6 is 23.4 Å². The summed E-state index contributed by atoms with van der Waals surface area (Å²) in [5.41, 5.74) is 2.14. The van der Waals surface area contributed by atoms with Gasteiger partial charge in [0.15, 0.2) is 5.17 Å². The van der Waals surface area contributed by atoms with Crippen molar-refractivity contribution in [1.29, 1.82) is 5.41 Å². The van der Waals surface area contributed by atoms with Gasteiger partial charge in [-0.05, 0) is 42.7 Å². The molecule has 0 radical (unpaired) electrons. The van der Waals surface area contributed by atoms with Gasteiger partial charge in [-0.1, -0.05) is 29.4 Å². The molecule has 15 heavy (non-hydrogen) atoms. The summed E-state index contributed by atoms with van der Waals surface area (Å²) in [4.78, 5) is 0. The number of benzene rings is 1. The van der Waals surface area contributed by atoms with Gasteiger partial charge in [0.05, 0.1) is 10.7 Å². The first-order chi connectivity index (χ1) is 7.20. The largest absolute Gasteiger partial charge is 0.334 e. The van der Waals surface area contributed by atoms with E-state index < -0.39 is 0 Å². The van der Waals surface area contributed by atoms with Gasteiger partial charge < -0.3 is 5.32 Å². The molecular weight excluding hydrogens is 228 g/mol. The lowest BCUT2D eigenvalue weighted by atomic mass is 10.1. The summed E-state index contributed by atoms with van der Waals surface area (Å²) in [6.45, 7) is 0. The minimum atomic E-state index is 0.413. The second-order valence-electron chi connectivity index (χ2n) is 3.67. The Labute approximate surface area is 98.9 Å². The Hall–Kier alpha value is -0.670. The number of halogens is 1. The van der Waals surface area contributed by atoms with E-state index in [1.165, 1.54) is 30.2 Å². The molecule has 0 unspecified atom stereocenters. The third-order valence-corrected chi connectivity index (χ3v) is 3.32. The number of nitrogens with one attached hydrogen (secondary N) is 2. The van der Waals surface area contributed by atoms with Crippen LogP contribution in [0.5, 0.6) is 0 Å². The summed E-state index contributed by atoms with van der Waals surface area (Å²) >= 11 is 7.50. The molecule has 0 heterocycles. The molecule has 4 heteroatoms. The van der Waals surface area contributed by atoms with Crippen molar-refractivity contribution in [3.05, 3.63) is 28.8 Å². The van der Waals surface area contributed by atoms with Gasteiger partial charge in [0.2, 0.25) is 0 Å². The predicted molar refractivity (Wildman–Crippen MR) is 68.3 cm³/mol. The molecular formula is C11H13ClN2S. The van der Waals surface area contributed by atoms with E-state index in [1.54, 1.807) is 0 Å². The zero-order chi connectivity index (χ0) is 10.8. The van der Waals surface area contributed by atoms with Crippen LogP contribution in [-0.4, -0.2) is 11.4 Å². The van der Waals surface area contributed by atoms with E-state index in [0.717, 1.165) is 11.6 Å². The maximum Gasteiger partial charge on any atom is 0.157 e. The molecule has 2 nitrogen and oxygen atoms in total. The van der Waals surface area contributed by atoms with Crippen LogP contribution in [0.3, 0.4) is 0 Å². The predicted octanol–water partition coefficient (Wildman–Crippen LogP) is 3.93. The molecule has 1 aliphatic carbocycles. The summed E-state index contributed by atoms with van der Waals surface area (Å²) in [7, 11) is 0. The molecule has 0 saturated heterocycles. The summed E-state index contributed by atoms with van der Waals surface area (Å²) in [6, 6.07) is 6.06. The van der Waals surface area contributed by atoms with Crippen molar-refractivity contribution in [2.75, 3.05) is 11.6 Å². The highest BCUT2D eigenvalue weighted by Gasteiger charge is 2.23. The van der Waals surface area contributed by atoms with E-state index in [4.69, 9.17) is 17.0 Å². The van der Waals surface area contributed by atoms with E-state index in [2.05, 4.69) is 11.4 Å². The highest BCUT2D eigenvalue weighted by atomic mass is 35.5. The van der Waals surface area contributed by atoms with Crippen LogP contribution in [0.1, 0.15) is 24.3 Å². The van der Waals surface area contributed by atoms with Gasteiger partial charge in [-0.3, -0.25) is 5.41 Å². The topological polar surface area (TPSA) is 35.9 Å². The highest BCUT2D eigenvalue weighted by Crippen LogP contribution is 2.41. The Balaban J connectivity index is 2.14. The van der Waals surface area contributed by atoms with E-state index >= 15 is 0 Å². The Kier molecular flexibility index (Phi) is 3.22. The number of hydrogen-bond acceptors (Lipinski definition) is 2. The van der Waals surface area contributed by atoms with Crippen molar-refractivity contribution in [2.45, 2.75) is 18.8 Å². The minimum Gasteiger partial charge on any atom is -0.334 e. The van der Waals surface area contributed by atoms with E-state index in [0.29, 0.717) is 10.2 Å². The Morgan fingerprint density at radius 3 is 2.80 bits per heavy atom. The number of rotatable bonds is 2. The lowest BCUT2D eigenvalue weighted by molar-refractivity contribution is 1.13. The standard InChI is InChI=1S/C11H13ClN2S/c1-15-11(13)14-10-5-4-8(6-9(10)12)7-2-3-7/h4-7H,2-3H2,1H3,(H2,13,14). The number of anilines is 1. The molecule has 1 fully saturated rings. The van der Waals surface area contributed by atoms with Crippen LogP contribution in [0, 0.1) is 5.41 Å². The molecule has 0 aliphatic heterocycles. The van der Waals surface area contributed by atoms with Crippen molar-refractivity contribution >= 4 is 34.2 Å². The summed E-state index contributed by atoms with van der Waals surface area (Å²) in [6.07, 6.45) is 4.43. The zero-order valence-corrected chi connectivity index (χ0v) is 10.1. The van der Waals surface area contributed by atoms with Crippen molar-refractivity contribution < 1.29 is 0 Å². The molecule has 1 aromatic rings. The smallest absolute Gasteiger partial charge is 0.157 e. The van der Waals surface area contributed by atoms with Crippen molar-refractivity contribution in [1.82, 2.24) is 0 Å². The monoisotopic (exact) mass is 240 g/mol. The molecule has 1 aliphatic rings. The highest BCUT2D eigenvalue weighted by molar-refractivity contribution is 8.13. The molecule has 0 bridgehead atoms. The second kappa shape index (κ2) is 4.45. The maximum absolute atomic E-state index is 7.52. The van der Waals surface area contributed by atoms with Crippen molar-refractivity contribution in [3.63, 3.8) is 0 Å². The van der Waals surface area contributed by atoms with Crippen LogP contribution < -0.4 is 5.32 Å². The number of hydrogen-bond donors (Lipinski definition) is 2. The Morgan fingerprint density at radius 2 is 2.27 bits per heavy atom. The van der Waals surface area contributed by atoms with Crippen LogP contribution in [-0.2, 0) is 0 Å². The summed E-state index contributed by atoms with van der Waals surface area (Å²) < 4.78 is 0. The van der Waals surface area contributed by atoms with Crippen LogP contribution in [0.4, 0.5) is 5.69 Å². The third kappa shape index (κ3) is 2.67. The fourth-order valence-electron chi connectivity index (χ4n) is 1.48. The van der Waals surface area contributed by atoms with Gasteiger partial charge in [0.1, 0.15) is 0 Å². The molecule has 0 spiro atoms. The molecule has 1 saturated carbocycles. The minimum absolute atomic E-state index is 0.413. The van der Waals surface area contributed by atoms with Gasteiger partial charge in [-0.25, -0.2) is 0 Å². The summed E-state index contributed by atoms with van der Waals surface area (Å²) in [5.74, 6) is 0.719. The van der Waals surface area contributed by atoms with E-state index in [-0.39, 0.29) is 0 Å². The zero-order valence-electron chi connectivity index (χ0n) is 8.51. The molecule has 0 amide bonds. The average molecular weight is 241 g/mol. The van der Waals surface area contributed by atoms with Gasteiger partial charge in [0, 0.05) is 0 Å². The van der Waals surface area contributed by atoms with Crippen LogP contribution in [0.25, 0.3) is 0 Å². The maximum atomic E-state index is 7.52. The van der Waals surface area contributed by atoms with E-state index in [9.17, 15) is 0 Å². The Bertz CT molecular complexity index is 388. The molecule has 80 valence electrons. The first kappa shape index (κ1) is 10.8. The third-order valence-electron chi connectivity index (χ3n) is 2.49. The molecule has 0 aromatic heterocycles. The van der Waals surface area contributed by atoms with Crippen LogP contribution in [0.2, 0.25) is 5.02 Å². The fourth-order valence-corrected chi connectivity index (χ4v) is 1.92. The SMILES string of the molecule is CSC(=N)Nc1ccc(C2CC2)cc1Cl. The quantitative estimate of drug-likeness (QED) is 0.607. The van der Waals surface area contributed by atoms with Gasteiger partial charge in [-0.2, -0.15) is 0 Å². The average Bonchev–Trinajstić information content (AvgIpc) is 3.04. The van der Waals surface area contributed by atoms with Crippen molar-refractivity contribution in [2.24, 2.45) is 0 Å². The normalized spacial score (nSPS) is 15.1. The van der Waals surface area contributed by atoms with Gasteiger partial charge >= 0.3 is 0 Å². The molecule has 2 N–H and O–H groups in total. The first-order valence-electron chi connectivity index (χ1n) is 4.89. The fraction of sp³-hybridized carbons (Fsp3) is 0.364. The number of thioether (sulfide) groups is 1. The second-order valence-corrected chi connectivity index (χ2v) is 4.90. The number of amidine groups is 1. The lowest BCUT2D eigenvalue weighted by Gasteiger charge is -2.08. The van der Waals surface area contributed by atoms with Crippen LogP contribution in [0.15, 0.2) is 18.2 Å². The van der Waals surface area contributed by atoms with Gasteiger partial charge in [-0.15, -0.1) is 0 Å². The molecule has 2 rings (SSSR count). The van der Waals surface area contributed by atoms with Gasteiger partial charge in [0.25, 0.3) is 0 Å². The lowest BCUT2D eigenvalue weighted by Crippen LogP contribution is -2.05. The Morgan fingerprint density at radius 1 is 1.53 bits per heavy atom. The summed E-state index contributed by atoms with van der Waals surface area (Å²) in [5, 5.41) is 11.6.